The van der Waals surface area contributed by atoms with E-state index < -0.39 is 0 Å². The monoisotopic (exact) mass is 280 g/mol. The van der Waals surface area contributed by atoms with Gasteiger partial charge in [-0.3, -0.25) is 0 Å². The average Bonchev–Trinajstić information content (AvgIpc) is 2.54. The molecular formula is C20H24O. The normalized spacial score (nSPS) is 13.0. The first-order valence-corrected chi connectivity index (χ1v) is 7.09. The molecular weight excluding hydrogens is 256 g/mol. The molecule has 1 aromatic rings. The molecule has 0 amide bonds. The Kier molecular flexibility index (Phi) is 7.03. The first-order valence-electron chi connectivity index (χ1n) is 7.09. The Morgan fingerprint density at radius 1 is 1.19 bits per heavy atom. The zero-order valence-corrected chi connectivity index (χ0v) is 13.2. The molecule has 0 saturated heterocycles. The molecule has 0 radical (unpaired) electrons. The summed E-state index contributed by atoms with van der Waals surface area (Å²) in [6, 6.07) is 10.1. The van der Waals surface area contributed by atoms with Crippen LogP contribution in [0, 0.1) is 0 Å². The molecule has 0 bridgehead atoms. The Labute approximate surface area is 128 Å². The summed E-state index contributed by atoms with van der Waals surface area (Å²) < 4.78 is 5.84. The fraction of sp³-hybridized carbons (Fsp3) is 0.200. The average molecular weight is 280 g/mol. The minimum atomic E-state index is 0.513. The van der Waals surface area contributed by atoms with Crippen molar-refractivity contribution in [2.75, 3.05) is 6.61 Å². The quantitative estimate of drug-likeness (QED) is 0.460. The van der Waals surface area contributed by atoms with E-state index in [0.29, 0.717) is 6.61 Å². The van der Waals surface area contributed by atoms with Gasteiger partial charge in [-0.05, 0) is 43.1 Å². The van der Waals surface area contributed by atoms with Gasteiger partial charge < -0.3 is 4.74 Å². The Balaban J connectivity index is 2.78. The SMILES string of the molecule is C=C/C(=C\C=C/C)CO/C(C)=C(\C)C(=C)c1ccccc1. The second-order valence-electron chi connectivity index (χ2n) is 4.79. The molecule has 0 heterocycles. The fourth-order valence-corrected chi connectivity index (χ4v) is 1.76. The van der Waals surface area contributed by atoms with Gasteiger partial charge in [0.15, 0.2) is 0 Å². The van der Waals surface area contributed by atoms with E-state index in [4.69, 9.17) is 4.74 Å². The number of benzene rings is 1. The topological polar surface area (TPSA) is 9.23 Å². The maximum Gasteiger partial charge on any atom is 0.113 e. The van der Waals surface area contributed by atoms with Gasteiger partial charge in [-0.1, -0.05) is 67.8 Å². The summed E-state index contributed by atoms with van der Waals surface area (Å²) in [5.41, 5.74) is 4.22. The van der Waals surface area contributed by atoms with Crippen molar-refractivity contribution in [1.29, 1.82) is 0 Å². The van der Waals surface area contributed by atoms with E-state index in [0.717, 1.165) is 28.0 Å². The van der Waals surface area contributed by atoms with Crippen LogP contribution in [-0.2, 0) is 4.74 Å². The Bertz CT molecular complexity index is 571. The highest BCUT2D eigenvalue weighted by atomic mass is 16.5. The van der Waals surface area contributed by atoms with Crippen molar-refractivity contribution in [1.82, 2.24) is 0 Å². The van der Waals surface area contributed by atoms with E-state index >= 15 is 0 Å². The molecule has 0 aliphatic heterocycles. The van der Waals surface area contributed by atoms with E-state index in [1.807, 2.05) is 63.3 Å². The van der Waals surface area contributed by atoms with Gasteiger partial charge in [0.05, 0.1) is 5.76 Å². The van der Waals surface area contributed by atoms with Crippen molar-refractivity contribution in [3.8, 4) is 0 Å². The van der Waals surface area contributed by atoms with Crippen LogP contribution in [0.4, 0.5) is 0 Å². The third kappa shape index (κ3) is 5.31. The zero-order valence-electron chi connectivity index (χ0n) is 13.2. The molecule has 110 valence electrons. The summed E-state index contributed by atoms with van der Waals surface area (Å²) in [4.78, 5) is 0. The maximum absolute atomic E-state index is 5.84. The molecule has 0 fully saturated rings. The molecule has 0 saturated carbocycles. The number of rotatable bonds is 7. The van der Waals surface area contributed by atoms with Crippen LogP contribution < -0.4 is 0 Å². The van der Waals surface area contributed by atoms with Gasteiger partial charge in [0.1, 0.15) is 6.61 Å². The molecule has 1 aromatic carbocycles. The predicted molar refractivity (Wildman–Crippen MR) is 92.9 cm³/mol. The van der Waals surface area contributed by atoms with Gasteiger partial charge in [0.25, 0.3) is 0 Å². The van der Waals surface area contributed by atoms with E-state index in [-0.39, 0.29) is 0 Å². The van der Waals surface area contributed by atoms with Gasteiger partial charge in [0, 0.05) is 0 Å². The van der Waals surface area contributed by atoms with Crippen LogP contribution in [0.1, 0.15) is 26.3 Å². The summed E-state index contributed by atoms with van der Waals surface area (Å²) in [6.45, 7) is 14.5. The van der Waals surface area contributed by atoms with Gasteiger partial charge in [-0.25, -0.2) is 0 Å². The number of allylic oxidation sites excluding steroid dienone is 6. The largest absolute Gasteiger partial charge is 0.493 e. The summed E-state index contributed by atoms with van der Waals surface area (Å²) in [5.74, 6) is 0.886. The lowest BCUT2D eigenvalue weighted by atomic mass is 10.0. The molecule has 0 atom stereocenters. The van der Waals surface area contributed by atoms with Crippen LogP contribution in [0.25, 0.3) is 5.57 Å². The van der Waals surface area contributed by atoms with Gasteiger partial charge >= 0.3 is 0 Å². The smallest absolute Gasteiger partial charge is 0.113 e. The van der Waals surface area contributed by atoms with Crippen molar-refractivity contribution < 1.29 is 4.74 Å². The molecule has 0 unspecified atom stereocenters. The minimum Gasteiger partial charge on any atom is -0.493 e. The van der Waals surface area contributed by atoms with E-state index in [9.17, 15) is 0 Å². The zero-order chi connectivity index (χ0) is 15.7. The molecule has 1 nitrogen and oxygen atoms in total. The maximum atomic E-state index is 5.84. The van der Waals surface area contributed by atoms with Crippen LogP contribution in [0.3, 0.4) is 0 Å². The van der Waals surface area contributed by atoms with E-state index in [1.54, 1.807) is 0 Å². The molecule has 0 N–H and O–H groups in total. The fourth-order valence-electron chi connectivity index (χ4n) is 1.76. The van der Waals surface area contributed by atoms with E-state index in [1.165, 1.54) is 0 Å². The highest BCUT2D eigenvalue weighted by Crippen LogP contribution is 2.23. The predicted octanol–water partition coefficient (Wildman–Crippen LogP) is 5.70. The lowest BCUT2D eigenvalue weighted by molar-refractivity contribution is 0.241. The highest BCUT2D eigenvalue weighted by molar-refractivity contribution is 5.76. The second kappa shape index (κ2) is 8.80. The summed E-state index contributed by atoms with van der Waals surface area (Å²) >= 11 is 0. The second-order valence-corrected chi connectivity index (χ2v) is 4.79. The molecule has 0 aliphatic rings. The minimum absolute atomic E-state index is 0.513. The molecule has 1 rings (SSSR count). The van der Waals surface area contributed by atoms with Crippen LogP contribution >= 0.6 is 0 Å². The van der Waals surface area contributed by atoms with Gasteiger partial charge in [0.2, 0.25) is 0 Å². The van der Waals surface area contributed by atoms with E-state index in [2.05, 4.69) is 25.3 Å². The lowest BCUT2D eigenvalue weighted by Gasteiger charge is -2.13. The molecule has 1 heteroatoms. The van der Waals surface area contributed by atoms with Crippen LogP contribution in [-0.4, -0.2) is 6.61 Å². The standard InChI is InChI=1S/C20H24O/c1-6-8-12-19(7-2)15-21-18(5)16(3)17(4)20-13-10-9-11-14-20/h6-14H,2,4,15H2,1,3,5H3/b8-6-,18-16+,19-12+. The number of hydrogen-bond donors (Lipinski definition) is 0. The van der Waals surface area contributed by atoms with Crippen molar-refractivity contribution >= 4 is 5.57 Å². The van der Waals surface area contributed by atoms with Crippen LogP contribution in [0.15, 0.2) is 84.7 Å². The highest BCUT2D eigenvalue weighted by Gasteiger charge is 2.05. The van der Waals surface area contributed by atoms with Crippen molar-refractivity contribution in [3.63, 3.8) is 0 Å². The molecule has 0 aromatic heterocycles. The Hall–Kier alpha value is -2.28. The van der Waals surface area contributed by atoms with Crippen molar-refractivity contribution in [2.24, 2.45) is 0 Å². The van der Waals surface area contributed by atoms with Crippen LogP contribution in [0.5, 0.6) is 0 Å². The van der Waals surface area contributed by atoms with Crippen molar-refractivity contribution in [3.05, 3.63) is 90.3 Å². The first kappa shape index (κ1) is 16.8. The Morgan fingerprint density at radius 3 is 2.43 bits per heavy atom. The first-order chi connectivity index (χ1) is 10.1. The number of ether oxygens (including phenoxy) is 1. The van der Waals surface area contributed by atoms with Gasteiger partial charge in [-0.15, -0.1) is 0 Å². The third-order valence-corrected chi connectivity index (χ3v) is 3.32. The third-order valence-electron chi connectivity index (χ3n) is 3.32. The van der Waals surface area contributed by atoms with Gasteiger partial charge in [-0.2, -0.15) is 0 Å². The summed E-state index contributed by atoms with van der Waals surface area (Å²) in [5, 5.41) is 0. The molecule has 0 aliphatic carbocycles. The van der Waals surface area contributed by atoms with Crippen molar-refractivity contribution in [2.45, 2.75) is 20.8 Å². The molecule has 0 spiro atoms. The van der Waals surface area contributed by atoms with Crippen LogP contribution in [0.2, 0.25) is 0 Å². The summed E-state index contributed by atoms with van der Waals surface area (Å²) in [7, 11) is 0. The Morgan fingerprint density at radius 2 is 1.86 bits per heavy atom. The lowest BCUT2D eigenvalue weighted by Crippen LogP contribution is -1.98. The molecule has 21 heavy (non-hydrogen) atoms. The number of hydrogen-bond acceptors (Lipinski definition) is 1. The summed E-state index contributed by atoms with van der Waals surface area (Å²) in [6.07, 6.45) is 7.78.